The van der Waals surface area contributed by atoms with E-state index in [1.807, 2.05) is 4.90 Å². The van der Waals surface area contributed by atoms with Crippen molar-refractivity contribution in [1.82, 2.24) is 9.78 Å². The number of benzene rings is 3. The molecule has 0 radical (unpaired) electrons. The van der Waals surface area contributed by atoms with Gasteiger partial charge in [0.1, 0.15) is 5.69 Å². The molecule has 37 heavy (non-hydrogen) atoms. The summed E-state index contributed by atoms with van der Waals surface area (Å²) in [7, 11) is 0. The third-order valence-electron chi connectivity index (χ3n) is 6.06. The number of hydrogen-bond donors (Lipinski definition) is 0. The smallest absolute Gasteiger partial charge is 0.378 e. The highest BCUT2D eigenvalue weighted by molar-refractivity contribution is 9.10. The number of alkyl halides is 3. The van der Waals surface area contributed by atoms with Crippen molar-refractivity contribution in [3.63, 3.8) is 0 Å². The molecule has 1 aromatic heterocycles. The fraction of sp³-hybridized carbons (Fsp3) is 0.200. The predicted molar refractivity (Wildman–Crippen MR) is 135 cm³/mol. The molecule has 2 heterocycles. The minimum absolute atomic E-state index is 0.0769. The highest BCUT2D eigenvalue weighted by Gasteiger charge is 2.32. The zero-order chi connectivity index (χ0) is 26.3. The van der Waals surface area contributed by atoms with Crippen LogP contribution in [0.4, 0.5) is 24.5 Å². The molecule has 12 heteroatoms. The summed E-state index contributed by atoms with van der Waals surface area (Å²) >= 11 is 3.13. The molecular weight excluding hydrogens is 557 g/mol. The zero-order valence-electron chi connectivity index (χ0n) is 19.0. The number of nitrogens with zero attached hydrogens (tertiary/aromatic N) is 4. The van der Waals surface area contributed by atoms with Crippen molar-refractivity contribution < 1.29 is 22.8 Å². The summed E-state index contributed by atoms with van der Waals surface area (Å²) in [5, 5.41) is 16.8. The van der Waals surface area contributed by atoms with Crippen LogP contribution in [0.15, 0.2) is 69.9 Å². The summed E-state index contributed by atoms with van der Waals surface area (Å²) in [5.74, 6) is 0. The first-order valence-corrected chi connectivity index (χ1v) is 11.9. The summed E-state index contributed by atoms with van der Waals surface area (Å²) in [4.78, 5) is 26.8. The summed E-state index contributed by atoms with van der Waals surface area (Å²) < 4.78 is 47.1. The van der Waals surface area contributed by atoms with Gasteiger partial charge in [0.2, 0.25) is 0 Å². The van der Waals surface area contributed by atoms with Crippen LogP contribution >= 0.6 is 15.9 Å². The Labute approximate surface area is 216 Å². The van der Waals surface area contributed by atoms with Crippen LogP contribution in [-0.2, 0) is 10.9 Å². The van der Waals surface area contributed by atoms with Gasteiger partial charge in [-0.1, -0.05) is 34.1 Å². The van der Waals surface area contributed by atoms with Crippen LogP contribution in [0.5, 0.6) is 0 Å². The molecule has 0 atom stereocenters. The summed E-state index contributed by atoms with van der Waals surface area (Å²) in [6, 6.07) is 14.1. The van der Waals surface area contributed by atoms with Crippen molar-refractivity contribution in [1.29, 1.82) is 0 Å². The normalized spacial score (nSPS) is 14.2. The molecule has 0 saturated carbocycles. The number of hydrogen-bond acceptors (Lipinski definition) is 6. The number of nitro benzene ring substituents is 1. The molecule has 1 aliphatic rings. The number of halogens is 4. The van der Waals surface area contributed by atoms with Crippen molar-refractivity contribution in [3.05, 3.63) is 91.2 Å². The highest BCUT2D eigenvalue weighted by atomic mass is 79.9. The van der Waals surface area contributed by atoms with Gasteiger partial charge in [-0.25, -0.2) is 0 Å². The SMILES string of the molecule is O=c1c2ccccc2c(-c2cc(Br)cc(C(F)(F)F)c2)nn1-c1cc(N2CCOCC2)ccc1[N+](=O)[O-]. The van der Waals surface area contributed by atoms with E-state index in [1.54, 1.807) is 24.3 Å². The number of anilines is 1. The third kappa shape index (κ3) is 4.81. The van der Waals surface area contributed by atoms with Crippen LogP contribution in [0.2, 0.25) is 0 Å². The number of ether oxygens (including phenoxy) is 1. The summed E-state index contributed by atoms with van der Waals surface area (Å²) in [5.41, 5.74) is -1.18. The molecule has 0 spiro atoms. The van der Waals surface area contributed by atoms with Gasteiger partial charge in [-0.2, -0.15) is 23.0 Å². The zero-order valence-corrected chi connectivity index (χ0v) is 20.6. The molecule has 1 saturated heterocycles. The van der Waals surface area contributed by atoms with Gasteiger partial charge in [-0.05, 0) is 36.4 Å². The quantitative estimate of drug-likeness (QED) is 0.233. The molecule has 1 fully saturated rings. The first kappa shape index (κ1) is 24.9. The Hall–Kier alpha value is -3.77. The maximum atomic E-state index is 13.6. The van der Waals surface area contributed by atoms with Gasteiger partial charge in [0.25, 0.3) is 11.2 Å². The maximum absolute atomic E-state index is 13.6. The standard InChI is InChI=1S/C25H18BrF3N4O4/c26-17-12-15(11-16(13-17)25(27,28)29)23-19-3-1-2-4-20(19)24(34)32(30-23)22-14-18(5-6-21(22)33(35)36)31-7-9-37-10-8-31/h1-6,11-14H,7-10H2. The minimum atomic E-state index is -4.62. The molecule has 0 N–H and O–H groups in total. The highest BCUT2D eigenvalue weighted by Crippen LogP contribution is 2.36. The topological polar surface area (TPSA) is 90.5 Å². The number of fused-ring (bicyclic) bond motifs is 1. The monoisotopic (exact) mass is 574 g/mol. The van der Waals surface area contributed by atoms with Crippen molar-refractivity contribution in [2.75, 3.05) is 31.2 Å². The number of rotatable bonds is 4. The van der Waals surface area contributed by atoms with Crippen LogP contribution in [-0.4, -0.2) is 41.0 Å². The van der Waals surface area contributed by atoms with Crippen LogP contribution in [0.1, 0.15) is 5.56 Å². The molecule has 1 aliphatic heterocycles. The van der Waals surface area contributed by atoms with E-state index in [4.69, 9.17) is 4.74 Å². The van der Waals surface area contributed by atoms with E-state index in [0.717, 1.165) is 16.8 Å². The van der Waals surface area contributed by atoms with Gasteiger partial charge in [0.05, 0.1) is 34.8 Å². The van der Waals surface area contributed by atoms with E-state index in [-0.39, 0.29) is 32.5 Å². The van der Waals surface area contributed by atoms with Crippen LogP contribution < -0.4 is 10.5 Å². The third-order valence-corrected chi connectivity index (χ3v) is 6.52. The fourth-order valence-corrected chi connectivity index (χ4v) is 4.80. The molecule has 3 aromatic carbocycles. The lowest BCUT2D eigenvalue weighted by molar-refractivity contribution is -0.384. The number of aromatic nitrogens is 2. The van der Waals surface area contributed by atoms with Gasteiger partial charge < -0.3 is 9.64 Å². The van der Waals surface area contributed by atoms with Gasteiger partial charge in [0.15, 0.2) is 0 Å². The Morgan fingerprint density at radius 2 is 1.70 bits per heavy atom. The average molecular weight is 575 g/mol. The maximum Gasteiger partial charge on any atom is 0.416 e. The second-order valence-corrected chi connectivity index (χ2v) is 9.28. The number of nitro groups is 1. The molecule has 0 bridgehead atoms. The van der Waals surface area contributed by atoms with E-state index < -0.39 is 22.2 Å². The Bertz CT molecular complexity index is 1580. The first-order valence-electron chi connectivity index (χ1n) is 11.2. The second-order valence-electron chi connectivity index (χ2n) is 8.37. The van der Waals surface area contributed by atoms with Crippen LogP contribution in [0.25, 0.3) is 27.7 Å². The Kier molecular flexibility index (Phi) is 6.46. The molecule has 5 rings (SSSR count). The van der Waals surface area contributed by atoms with Gasteiger partial charge in [-0.15, -0.1) is 0 Å². The van der Waals surface area contributed by atoms with Gasteiger partial charge in [0, 0.05) is 40.3 Å². The van der Waals surface area contributed by atoms with Gasteiger partial charge in [-0.3, -0.25) is 14.9 Å². The van der Waals surface area contributed by atoms with Crippen molar-refractivity contribution in [2.24, 2.45) is 0 Å². The Balaban J connectivity index is 1.79. The van der Waals surface area contributed by atoms with Crippen molar-refractivity contribution >= 4 is 38.1 Å². The lowest BCUT2D eigenvalue weighted by Gasteiger charge is -2.29. The van der Waals surface area contributed by atoms with Gasteiger partial charge >= 0.3 is 6.18 Å². The largest absolute Gasteiger partial charge is 0.416 e. The fourth-order valence-electron chi connectivity index (χ4n) is 4.31. The van der Waals surface area contributed by atoms with E-state index in [0.29, 0.717) is 37.4 Å². The lowest BCUT2D eigenvalue weighted by atomic mass is 10.0. The van der Waals surface area contributed by atoms with Crippen LogP contribution in [0.3, 0.4) is 0 Å². The molecule has 8 nitrogen and oxygen atoms in total. The van der Waals surface area contributed by atoms with E-state index >= 15 is 0 Å². The van der Waals surface area contributed by atoms with Crippen LogP contribution in [0, 0.1) is 10.1 Å². The summed E-state index contributed by atoms with van der Waals surface area (Å²) in [6.45, 7) is 2.08. The molecule has 4 aromatic rings. The summed E-state index contributed by atoms with van der Waals surface area (Å²) in [6.07, 6.45) is -4.62. The Morgan fingerprint density at radius 3 is 2.38 bits per heavy atom. The van der Waals surface area contributed by atoms with E-state index in [9.17, 15) is 28.1 Å². The molecule has 0 amide bonds. The molecule has 0 unspecified atom stereocenters. The number of morpholine rings is 1. The molecular formula is C25H18BrF3N4O4. The van der Waals surface area contributed by atoms with E-state index in [2.05, 4.69) is 21.0 Å². The lowest BCUT2D eigenvalue weighted by Crippen LogP contribution is -2.36. The minimum Gasteiger partial charge on any atom is -0.378 e. The first-order chi connectivity index (χ1) is 17.6. The second kappa shape index (κ2) is 9.60. The van der Waals surface area contributed by atoms with E-state index in [1.165, 1.54) is 24.3 Å². The average Bonchev–Trinajstić information content (AvgIpc) is 2.88. The Morgan fingerprint density at radius 1 is 1.00 bits per heavy atom. The predicted octanol–water partition coefficient (Wildman–Crippen LogP) is 5.58. The van der Waals surface area contributed by atoms with Crippen molar-refractivity contribution in [3.8, 4) is 16.9 Å². The molecule has 190 valence electrons. The van der Waals surface area contributed by atoms with Crippen molar-refractivity contribution in [2.45, 2.75) is 6.18 Å². The molecule has 0 aliphatic carbocycles.